The number of sulfone groups is 1. The Kier molecular flexibility index (Phi) is 13.9. The van der Waals surface area contributed by atoms with Gasteiger partial charge in [0.2, 0.25) is 23.4 Å². The van der Waals surface area contributed by atoms with Gasteiger partial charge in [-0.1, -0.05) is 13.2 Å². The molecule has 0 N–H and O–H groups in total. The third-order valence-corrected chi connectivity index (χ3v) is 8.76. The lowest BCUT2D eigenvalue weighted by Gasteiger charge is -2.08. The van der Waals surface area contributed by atoms with Crippen molar-refractivity contribution in [1.29, 1.82) is 0 Å². The van der Waals surface area contributed by atoms with Crippen molar-refractivity contribution in [3.05, 3.63) is 144 Å². The van der Waals surface area contributed by atoms with Crippen LogP contribution in [0.2, 0.25) is 0 Å². The molecule has 0 fully saturated rings. The molecule has 0 amide bonds. The molecule has 0 heterocycles. The number of esters is 4. The zero-order valence-electron chi connectivity index (χ0n) is 29.3. The van der Waals surface area contributed by atoms with Gasteiger partial charge in [-0.2, -0.15) is 0 Å². The van der Waals surface area contributed by atoms with Gasteiger partial charge in [0.1, 0.15) is 34.6 Å². The molecule has 0 unspecified atom stereocenters. The monoisotopic (exact) mass is 774 g/mol. The maximum atomic E-state index is 14.5. The molecule has 0 radical (unpaired) electrons. The Balaban J connectivity index is 1.28. The first-order valence-corrected chi connectivity index (χ1v) is 17.4. The summed E-state index contributed by atoms with van der Waals surface area (Å²) in [5.41, 5.74) is 0.428. The van der Waals surface area contributed by atoms with Crippen LogP contribution in [0.4, 0.5) is 8.78 Å². The van der Waals surface area contributed by atoms with Crippen LogP contribution >= 0.6 is 0 Å². The second kappa shape index (κ2) is 18.8. The number of ether oxygens (including phenoxy) is 6. The van der Waals surface area contributed by atoms with E-state index in [1.54, 1.807) is 0 Å². The minimum atomic E-state index is -4.04. The van der Waals surface area contributed by atoms with Gasteiger partial charge in [0.05, 0.1) is 9.79 Å². The van der Waals surface area contributed by atoms with E-state index in [0.29, 0.717) is 0 Å². The molecule has 0 saturated heterocycles. The smallest absolute Gasteiger partial charge is 0.336 e. The number of hydrogen-bond donors (Lipinski definition) is 0. The summed E-state index contributed by atoms with van der Waals surface area (Å²) in [6, 6.07) is 17.5. The van der Waals surface area contributed by atoms with Crippen molar-refractivity contribution >= 4 is 45.9 Å². The molecular weight excluding hydrogens is 742 g/mol. The van der Waals surface area contributed by atoms with Crippen LogP contribution in [0.15, 0.2) is 131 Å². The Bertz CT molecular complexity index is 2120. The van der Waals surface area contributed by atoms with Crippen LogP contribution in [0.1, 0.15) is 25.0 Å². The molecule has 0 bridgehead atoms. The predicted octanol–water partition coefficient (Wildman–Crippen LogP) is 6.95. The van der Waals surface area contributed by atoms with Crippen LogP contribution in [-0.4, -0.2) is 45.9 Å². The third-order valence-electron chi connectivity index (χ3n) is 6.97. The highest BCUT2D eigenvalue weighted by atomic mass is 32.2. The Morgan fingerprint density at radius 3 is 1.25 bits per heavy atom. The number of carbonyl (C=O) groups is 4. The topological polar surface area (TPSA) is 158 Å². The van der Waals surface area contributed by atoms with Crippen molar-refractivity contribution in [2.24, 2.45) is 0 Å². The molecule has 0 aliphatic carbocycles. The van der Waals surface area contributed by atoms with E-state index >= 15 is 0 Å². The number of hydrogen-bond acceptors (Lipinski definition) is 12. The summed E-state index contributed by atoms with van der Waals surface area (Å²) in [6.07, 6.45) is 4.29. The summed E-state index contributed by atoms with van der Waals surface area (Å²) < 4.78 is 85.6. The first-order valence-electron chi connectivity index (χ1n) is 15.9. The fraction of sp³-hybridized carbons (Fsp3) is 0.100. The SMILES string of the molecule is C=C(C)C(=O)OCOc1ccc(C=CC(=O)Oc2ccc(S(=O)(=O)c3ccc(OC(=O)C=Cc4ccc(OCOC(=O)C(=C)C)cc4F)cc3)cc2)c(F)c1. The fourth-order valence-corrected chi connectivity index (χ4v) is 5.40. The zero-order chi connectivity index (χ0) is 40.1. The maximum Gasteiger partial charge on any atom is 0.336 e. The summed E-state index contributed by atoms with van der Waals surface area (Å²) in [5.74, 6) is -4.31. The second-order valence-electron chi connectivity index (χ2n) is 11.3. The van der Waals surface area contributed by atoms with Gasteiger partial charge >= 0.3 is 23.9 Å². The van der Waals surface area contributed by atoms with Crippen LogP contribution < -0.4 is 18.9 Å². The van der Waals surface area contributed by atoms with Crippen molar-refractivity contribution in [3.8, 4) is 23.0 Å². The molecule has 12 nitrogen and oxygen atoms in total. The molecule has 0 aromatic heterocycles. The first kappa shape index (κ1) is 40.9. The highest BCUT2D eigenvalue weighted by Gasteiger charge is 2.18. The van der Waals surface area contributed by atoms with Crippen LogP contribution in [0.3, 0.4) is 0 Å². The minimum absolute atomic E-state index is 0.0169. The van der Waals surface area contributed by atoms with Crippen molar-refractivity contribution in [2.75, 3.05) is 13.6 Å². The van der Waals surface area contributed by atoms with E-state index < -0.39 is 58.9 Å². The lowest BCUT2D eigenvalue weighted by Crippen LogP contribution is -2.10. The van der Waals surface area contributed by atoms with Crippen LogP contribution in [0.25, 0.3) is 12.2 Å². The van der Waals surface area contributed by atoms with Gasteiger partial charge in [-0.05, 0) is 98.8 Å². The molecule has 55 heavy (non-hydrogen) atoms. The largest absolute Gasteiger partial charge is 0.457 e. The minimum Gasteiger partial charge on any atom is -0.457 e. The summed E-state index contributed by atoms with van der Waals surface area (Å²) >= 11 is 0. The number of carbonyl (C=O) groups excluding carboxylic acids is 4. The zero-order valence-corrected chi connectivity index (χ0v) is 30.1. The molecule has 0 aliphatic rings. The normalized spacial score (nSPS) is 11.1. The van der Waals surface area contributed by atoms with Gasteiger partial charge in [-0.15, -0.1) is 0 Å². The van der Waals surface area contributed by atoms with Crippen LogP contribution in [0, 0.1) is 11.6 Å². The lowest BCUT2D eigenvalue weighted by atomic mass is 10.2. The first-order chi connectivity index (χ1) is 26.1. The molecule has 4 aromatic rings. The molecule has 4 rings (SSSR count). The van der Waals surface area contributed by atoms with Crippen molar-refractivity contribution in [1.82, 2.24) is 0 Å². The number of benzene rings is 4. The Morgan fingerprint density at radius 1 is 0.582 bits per heavy atom. The van der Waals surface area contributed by atoms with Gasteiger partial charge < -0.3 is 28.4 Å². The van der Waals surface area contributed by atoms with Gasteiger partial charge in [-0.3, -0.25) is 0 Å². The number of halogens is 2. The van der Waals surface area contributed by atoms with Crippen molar-refractivity contribution in [2.45, 2.75) is 23.6 Å². The summed E-state index contributed by atoms with van der Waals surface area (Å²) in [6.45, 7) is 8.90. The van der Waals surface area contributed by atoms with Crippen molar-refractivity contribution in [3.63, 3.8) is 0 Å². The van der Waals surface area contributed by atoms with Gasteiger partial charge in [0.25, 0.3) is 0 Å². The van der Waals surface area contributed by atoms with E-state index in [0.717, 1.165) is 24.3 Å². The van der Waals surface area contributed by atoms with Crippen molar-refractivity contribution < 1.29 is 64.8 Å². The highest BCUT2D eigenvalue weighted by molar-refractivity contribution is 7.91. The summed E-state index contributed by atoms with van der Waals surface area (Å²) in [5, 5.41) is 0. The predicted molar refractivity (Wildman–Crippen MR) is 193 cm³/mol. The van der Waals surface area contributed by atoms with E-state index in [1.807, 2.05) is 0 Å². The van der Waals surface area contributed by atoms with E-state index in [2.05, 4.69) is 13.2 Å². The van der Waals surface area contributed by atoms with E-state index in [1.165, 1.54) is 98.8 Å². The summed E-state index contributed by atoms with van der Waals surface area (Å²) in [7, 11) is -4.04. The van der Waals surface area contributed by atoms with E-state index in [4.69, 9.17) is 28.4 Å². The highest BCUT2D eigenvalue weighted by Crippen LogP contribution is 2.26. The quantitative estimate of drug-likeness (QED) is 0.0500. The molecule has 0 saturated carbocycles. The molecule has 4 aromatic carbocycles. The number of rotatable bonds is 16. The van der Waals surface area contributed by atoms with E-state index in [9.17, 15) is 36.4 Å². The average Bonchev–Trinajstić information content (AvgIpc) is 3.14. The molecule has 284 valence electrons. The molecule has 15 heteroatoms. The van der Waals surface area contributed by atoms with Gasteiger partial charge in [0, 0.05) is 46.6 Å². The summed E-state index contributed by atoms with van der Waals surface area (Å²) in [4.78, 5) is 47.2. The fourth-order valence-electron chi connectivity index (χ4n) is 4.14. The standard InChI is InChI=1S/C40H32F2O12S/c1-25(2)39(45)51-23-49-31-9-5-27(35(41)21-31)7-19-37(43)53-29-11-15-33(16-12-29)55(47,48)34-17-13-30(14-18-34)54-38(44)20-8-28-6-10-32(22-36(28)42)50-24-52-40(46)26(3)4/h5-22H,1,3,23-24H2,2,4H3. The Labute approximate surface area is 314 Å². The third kappa shape index (κ3) is 12.1. The Morgan fingerprint density at radius 2 is 0.927 bits per heavy atom. The molecular formula is C40H32F2O12S. The second-order valence-corrected chi connectivity index (χ2v) is 13.2. The van der Waals surface area contributed by atoms with E-state index in [-0.39, 0.29) is 55.1 Å². The van der Waals surface area contributed by atoms with Crippen LogP contribution in [-0.2, 0) is 38.5 Å². The van der Waals surface area contributed by atoms with Gasteiger partial charge in [0.15, 0.2) is 0 Å². The van der Waals surface area contributed by atoms with Crippen LogP contribution in [0.5, 0.6) is 23.0 Å². The molecule has 0 aliphatic heterocycles. The molecule has 0 atom stereocenters. The lowest BCUT2D eigenvalue weighted by molar-refractivity contribution is -0.146. The Hall–Kier alpha value is -6.87. The van der Waals surface area contributed by atoms with Gasteiger partial charge in [-0.25, -0.2) is 36.4 Å². The maximum absolute atomic E-state index is 14.5. The average molecular weight is 775 g/mol. The molecule has 0 spiro atoms.